The van der Waals surface area contributed by atoms with Crippen molar-refractivity contribution in [2.45, 2.75) is 13.8 Å². The summed E-state index contributed by atoms with van der Waals surface area (Å²) in [6.07, 6.45) is 3.46. The van der Waals surface area contributed by atoms with E-state index in [1.54, 1.807) is 10.9 Å². The Kier molecular flexibility index (Phi) is 3.03. The molecule has 0 aliphatic rings. The van der Waals surface area contributed by atoms with Gasteiger partial charge in [0.1, 0.15) is 0 Å². The van der Waals surface area contributed by atoms with E-state index in [1.807, 2.05) is 33.2 Å². The number of rotatable bonds is 2. The third-order valence-corrected chi connectivity index (χ3v) is 2.97. The van der Waals surface area contributed by atoms with E-state index < -0.39 is 0 Å². The Balaban J connectivity index is 2.58. The number of allylic oxidation sites excluding steroid dienone is 1. The molecule has 0 aromatic carbocycles. The second-order valence-electron chi connectivity index (χ2n) is 4.13. The highest BCUT2D eigenvalue weighted by atomic mass is 35.5. The van der Waals surface area contributed by atoms with Gasteiger partial charge in [0.15, 0.2) is 0 Å². The summed E-state index contributed by atoms with van der Waals surface area (Å²) in [5, 5.41) is 4.77. The zero-order chi connectivity index (χ0) is 12.6. The highest BCUT2D eigenvalue weighted by molar-refractivity contribution is 6.33. The van der Waals surface area contributed by atoms with Gasteiger partial charge in [-0.3, -0.25) is 9.67 Å². The quantitative estimate of drug-likeness (QED) is 0.814. The van der Waals surface area contributed by atoms with Crippen molar-refractivity contribution >= 4 is 17.2 Å². The average molecular weight is 248 g/mol. The molecule has 88 valence electrons. The molecule has 0 aliphatic carbocycles. The maximum Gasteiger partial charge on any atom is 0.0883 e. The number of halogens is 1. The van der Waals surface area contributed by atoms with Crippen molar-refractivity contribution in [1.29, 1.82) is 0 Å². The molecule has 0 radical (unpaired) electrons. The SMILES string of the molecule is C=C(C)c1cc(C)c(-c2c(Cl)cnn2C)cn1. The Labute approximate surface area is 106 Å². The molecule has 3 nitrogen and oxygen atoms in total. The van der Waals surface area contributed by atoms with E-state index in [4.69, 9.17) is 11.6 Å². The van der Waals surface area contributed by atoms with Gasteiger partial charge in [-0.05, 0) is 31.1 Å². The lowest BCUT2D eigenvalue weighted by Gasteiger charge is -2.08. The predicted octanol–water partition coefficient (Wildman–Crippen LogP) is 3.48. The van der Waals surface area contributed by atoms with Crippen LogP contribution in [0.2, 0.25) is 5.02 Å². The van der Waals surface area contributed by atoms with E-state index >= 15 is 0 Å². The number of aromatic nitrogens is 3. The summed E-state index contributed by atoms with van der Waals surface area (Å²) in [6, 6.07) is 2.01. The van der Waals surface area contributed by atoms with Crippen LogP contribution in [0, 0.1) is 6.92 Å². The maximum atomic E-state index is 6.13. The number of hydrogen-bond acceptors (Lipinski definition) is 2. The Bertz CT molecular complexity index is 565. The molecule has 2 heterocycles. The van der Waals surface area contributed by atoms with Gasteiger partial charge in [-0.2, -0.15) is 5.10 Å². The molecular formula is C13H14ClN3. The summed E-state index contributed by atoms with van der Waals surface area (Å²) < 4.78 is 1.76. The van der Waals surface area contributed by atoms with Crippen LogP contribution in [0.25, 0.3) is 16.8 Å². The van der Waals surface area contributed by atoms with Gasteiger partial charge in [-0.25, -0.2) is 0 Å². The molecule has 0 unspecified atom stereocenters. The van der Waals surface area contributed by atoms with Crippen molar-refractivity contribution in [3.8, 4) is 11.3 Å². The van der Waals surface area contributed by atoms with Crippen molar-refractivity contribution in [2.75, 3.05) is 0 Å². The summed E-state index contributed by atoms with van der Waals surface area (Å²) in [5.74, 6) is 0. The van der Waals surface area contributed by atoms with Crippen LogP contribution in [0.5, 0.6) is 0 Å². The average Bonchev–Trinajstić information content (AvgIpc) is 2.59. The number of nitrogens with zero attached hydrogens (tertiary/aromatic N) is 3. The van der Waals surface area contributed by atoms with Crippen LogP contribution in [0.3, 0.4) is 0 Å². The third-order valence-electron chi connectivity index (χ3n) is 2.70. The summed E-state index contributed by atoms with van der Waals surface area (Å²) >= 11 is 6.13. The summed E-state index contributed by atoms with van der Waals surface area (Å²) in [7, 11) is 1.87. The molecule has 2 rings (SSSR count). The van der Waals surface area contributed by atoms with E-state index in [1.165, 1.54) is 0 Å². The number of pyridine rings is 1. The van der Waals surface area contributed by atoms with Crippen LogP contribution >= 0.6 is 11.6 Å². The smallest absolute Gasteiger partial charge is 0.0883 e. The Hall–Kier alpha value is -1.61. The maximum absolute atomic E-state index is 6.13. The number of aryl methyl sites for hydroxylation is 2. The minimum atomic E-state index is 0.639. The zero-order valence-electron chi connectivity index (χ0n) is 10.2. The highest BCUT2D eigenvalue weighted by Gasteiger charge is 2.12. The van der Waals surface area contributed by atoms with Crippen LogP contribution in [0.1, 0.15) is 18.2 Å². The lowest BCUT2D eigenvalue weighted by Crippen LogP contribution is -1.97. The Morgan fingerprint density at radius 3 is 2.59 bits per heavy atom. The monoisotopic (exact) mass is 247 g/mol. The van der Waals surface area contributed by atoms with Gasteiger partial charge >= 0.3 is 0 Å². The first-order valence-electron chi connectivity index (χ1n) is 5.31. The van der Waals surface area contributed by atoms with Crippen molar-refractivity contribution in [3.63, 3.8) is 0 Å². The molecule has 2 aromatic heterocycles. The van der Waals surface area contributed by atoms with Gasteiger partial charge < -0.3 is 0 Å². The normalized spacial score (nSPS) is 10.6. The summed E-state index contributed by atoms with van der Waals surface area (Å²) in [4.78, 5) is 4.38. The molecule has 0 spiro atoms. The third kappa shape index (κ3) is 2.11. The van der Waals surface area contributed by atoms with E-state index in [9.17, 15) is 0 Å². The molecular weight excluding hydrogens is 234 g/mol. The first-order valence-corrected chi connectivity index (χ1v) is 5.69. The summed E-state index contributed by atoms with van der Waals surface area (Å²) in [5.41, 5.74) is 4.87. The lowest BCUT2D eigenvalue weighted by molar-refractivity contribution is 0.775. The molecule has 0 saturated carbocycles. The second-order valence-corrected chi connectivity index (χ2v) is 4.54. The van der Waals surface area contributed by atoms with Gasteiger partial charge in [0.2, 0.25) is 0 Å². The van der Waals surface area contributed by atoms with Gasteiger partial charge in [0.05, 0.1) is 22.6 Å². The summed E-state index contributed by atoms with van der Waals surface area (Å²) in [6.45, 7) is 7.87. The topological polar surface area (TPSA) is 30.7 Å². The number of hydrogen-bond donors (Lipinski definition) is 0. The van der Waals surface area contributed by atoms with E-state index in [2.05, 4.69) is 16.7 Å². The molecule has 0 atom stereocenters. The molecule has 4 heteroatoms. The van der Waals surface area contributed by atoms with Crippen molar-refractivity contribution in [3.05, 3.63) is 41.3 Å². The molecule has 0 bridgehead atoms. The van der Waals surface area contributed by atoms with Crippen molar-refractivity contribution < 1.29 is 0 Å². The predicted molar refractivity (Wildman–Crippen MR) is 70.9 cm³/mol. The van der Waals surface area contributed by atoms with Crippen LogP contribution in [-0.4, -0.2) is 14.8 Å². The molecule has 0 N–H and O–H groups in total. The molecule has 17 heavy (non-hydrogen) atoms. The zero-order valence-corrected chi connectivity index (χ0v) is 10.9. The van der Waals surface area contributed by atoms with E-state index in [-0.39, 0.29) is 0 Å². The highest BCUT2D eigenvalue weighted by Crippen LogP contribution is 2.29. The van der Waals surface area contributed by atoms with E-state index in [0.29, 0.717) is 5.02 Å². The minimum Gasteiger partial charge on any atom is -0.266 e. The largest absolute Gasteiger partial charge is 0.266 e. The Morgan fingerprint density at radius 1 is 1.41 bits per heavy atom. The van der Waals surface area contributed by atoms with Crippen molar-refractivity contribution in [2.24, 2.45) is 7.05 Å². The van der Waals surface area contributed by atoms with Gasteiger partial charge in [0.25, 0.3) is 0 Å². The second kappa shape index (κ2) is 4.34. The fourth-order valence-corrected chi connectivity index (χ4v) is 2.02. The van der Waals surface area contributed by atoms with Gasteiger partial charge in [-0.15, -0.1) is 0 Å². The Morgan fingerprint density at radius 2 is 2.12 bits per heavy atom. The fourth-order valence-electron chi connectivity index (χ4n) is 1.75. The first kappa shape index (κ1) is 11.9. The van der Waals surface area contributed by atoms with Crippen LogP contribution in [0.15, 0.2) is 25.0 Å². The molecule has 0 fully saturated rings. The first-order chi connectivity index (χ1) is 8.00. The van der Waals surface area contributed by atoms with Crippen LogP contribution in [-0.2, 0) is 7.05 Å². The van der Waals surface area contributed by atoms with Crippen molar-refractivity contribution in [1.82, 2.24) is 14.8 Å². The van der Waals surface area contributed by atoms with E-state index in [0.717, 1.165) is 28.1 Å². The fraction of sp³-hybridized carbons (Fsp3) is 0.231. The minimum absolute atomic E-state index is 0.639. The van der Waals surface area contributed by atoms with Gasteiger partial charge in [0, 0.05) is 18.8 Å². The molecule has 0 amide bonds. The molecule has 0 aliphatic heterocycles. The standard InChI is InChI=1S/C13H14ClN3/c1-8(2)12-5-9(3)10(6-15-12)13-11(14)7-16-17(13)4/h5-7H,1H2,2-4H3. The molecule has 2 aromatic rings. The lowest BCUT2D eigenvalue weighted by atomic mass is 10.1. The van der Waals surface area contributed by atoms with Crippen LogP contribution in [0.4, 0.5) is 0 Å². The molecule has 0 saturated heterocycles. The van der Waals surface area contributed by atoms with Crippen LogP contribution < -0.4 is 0 Å². The van der Waals surface area contributed by atoms with Gasteiger partial charge in [-0.1, -0.05) is 18.2 Å².